The van der Waals surface area contributed by atoms with Gasteiger partial charge in [0.15, 0.2) is 0 Å². The number of methoxy groups -OCH3 is 2. The van der Waals surface area contributed by atoms with Crippen molar-refractivity contribution in [2.75, 3.05) is 14.2 Å². The Kier molecular flexibility index (Phi) is 4.77. The number of rotatable bonds is 2. The molecular weight excluding hydrogens is 220 g/mol. The van der Waals surface area contributed by atoms with Gasteiger partial charge in [0.25, 0.3) is 0 Å². The highest BCUT2D eigenvalue weighted by Gasteiger charge is 2.03. The van der Waals surface area contributed by atoms with Gasteiger partial charge in [0.2, 0.25) is 0 Å². The molecule has 0 fully saturated rings. The Bertz CT molecular complexity index is 462. The molecule has 0 aliphatic heterocycles. The summed E-state index contributed by atoms with van der Waals surface area (Å²) in [7, 11) is 2.64. The molecule has 0 N–H and O–H groups in total. The van der Waals surface area contributed by atoms with E-state index >= 15 is 0 Å². The Morgan fingerprint density at radius 1 is 1.12 bits per heavy atom. The molecular formula is C13H12O4. The predicted octanol–water partition coefficient (Wildman–Crippen LogP) is 1.39. The lowest BCUT2D eigenvalue weighted by Crippen LogP contribution is -2.00. The number of esters is 2. The van der Waals surface area contributed by atoms with Gasteiger partial charge in [-0.25, -0.2) is 4.79 Å². The highest BCUT2D eigenvalue weighted by molar-refractivity contribution is 5.89. The van der Waals surface area contributed by atoms with Crippen LogP contribution in [0.4, 0.5) is 0 Å². The van der Waals surface area contributed by atoms with Crippen molar-refractivity contribution in [1.82, 2.24) is 0 Å². The van der Waals surface area contributed by atoms with Crippen molar-refractivity contribution in [3.63, 3.8) is 0 Å². The fourth-order valence-corrected chi connectivity index (χ4v) is 1.10. The first kappa shape index (κ1) is 12.8. The van der Waals surface area contributed by atoms with Crippen LogP contribution in [-0.2, 0) is 14.3 Å². The van der Waals surface area contributed by atoms with Crippen molar-refractivity contribution in [1.29, 1.82) is 0 Å². The fourth-order valence-electron chi connectivity index (χ4n) is 1.10. The van der Waals surface area contributed by atoms with Crippen molar-refractivity contribution in [3.05, 3.63) is 35.4 Å². The van der Waals surface area contributed by atoms with E-state index in [2.05, 4.69) is 21.3 Å². The van der Waals surface area contributed by atoms with Crippen LogP contribution >= 0.6 is 0 Å². The molecule has 0 radical (unpaired) electrons. The van der Waals surface area contributed by atoms with Gasteiger partial charge in [0, 0.05) is 5.56 Å². The highest BCUT2D eigenvalue weighted by Crippen LogP contribution is 2.04. The first-order valence-corrected chi connectivity index (χ1v) is 4.91. The molecule has 88 valence electrons. The third-order valence-electron chi connectivity index (χ3n) is 2.00. The quantitative estimate of drug-likeness (QED) is 0.571. The maximum absolute atomic E-state index is 11.1. The minimum Gasteiger partial charge on any atom is -0.468 e. The van der Waals surface area contributed by atoms with Gasteiger partial charge < -0.3 is 9.47 Å². The van der Waals surface area contributed by atoms with Crippen molar-refractivity contribution >= 4 is 11.9 Å². The van der Waals surface area contributed by atoms with Gasteiger partial charge >= 0.3 is 11.9 Å². The standard InChI is InChI=1S/C13H12O4/c1-16-12(14)5-3-4-10-6-8-11(9-7-10)13(15)17-2/h6-9H,5H2,1-2H3. The number of benzene rings is 1. The molecule has 1 aromatic rings. The minimum atomic E-state index is -0.390. The highest BCUT2D eigenvalue weighted by atomic mass is 16.5. The maximum atomic E-state index is 11.1. The number of hydrogen-bond acceptors (Lipinski definition) is 4. The monoisotopic (exact) mass is 232 g/mol. The van der Waals surface area contributed by atoms with Crippen LogP contribution in [0.1, 0.15) is 22.3 Å². The Hall–Kier alpha value is -2.28. The number of hydrogen-bond donors (Lipinski definition) is 0. The molecule has 0 aliphatic rings. The Balaban J connectivity index is 2.68. The van der Waals surface area contributed by atoms with E-state index in [-0.39, 0.29) is 18.4 Å². The molecule has 4 nitrogen and oxygen atoms in total. The number of carbonyl (C=O) groups excluding carboxylic acids is 2. The van der Waals surface area contributed by atoms with Crippen LogP contribution < -0.4 is 0 Å². The average Bonchev–Trinajstić information content (AvgIpc) is 2.38. The Morgan fingerprint density at radius 2 is 1.76 bits per heavy atom. The molecule has 0 saturated carbocycles. The summed E-state index contributed by atoms with van der Waals surface area (Å²) in [6, 6.07) is 6.62. The third-order valence-corrected chi connectivity index (χ3v) is 2.00. The summed E-state index contributed by atoms with van der Waals surface area (Å²) in [5.74, 6) is 4.70. The van der Waals surface area contributed by atoms with Gasteiger partial charge in [-0.1, -0.05) is 11.8 Å². The minimum absolute atomic E-state index is 0.0508. The van der Waals surface area contributed by atoms with Gasteiger partial charge in [0.1, 0.15) is 6.42 Å². The first-order chi connectivity index (χ1) is 8.17. The average molecular weight is 232 g/mol. The molecule has 0 bridgehead atoms. The van der Waals surface area contributed by atoms with E-state index in [4.69, 9.17) is 0 Å². The van der Waals surface area contributed by atoms with Crippen LogP contribution in [0.15, 0.2) is 24.3 Å². The van der Waals surface area contributed by atoms with Crippen molar-refractivity contribution in [2.45, 2.75) is 6.42 Å². The van der Waals surface area contributed by atoms with Gasteiger partial charge in [-0.3, -0.25) is 4.79 Å². The fraction of sp³-hybridized carbons (Fsp3) is 0.231. The SMILES string of the molecule is COC(=O)CC#Cc1ccc(C(=O)OC)cc1. The largest absolute Gasteiger partial charge is 0.468 e. The zero-order valence-electron chi connectivity index (χ0n) is 9.65. The lowest BCUT2D eigenvalue weighted by molar-refractivity contribution is -0.139. The second-order valence-electron chi connectivity index (χ2n) is 3.12. The van der Waals surface area contributed by atoms with Crippen LogP contribution in [0.3, 0.4) is 0 Å². The van der Waals surface area contributed by atoms with Gasteiger partial charge in [-0.15, -0.1) is 0 Å². The smallest absolute Gasteiger partial charge is 0.337 e. The molecule has 17 heavy (non-hydrogen) atoms. The molecule has 0 aromatic heterocycles. The normalized spacial score (nSPS) is 8.82. The Morgan fingerprint density at radius 3 is 2.29 bits per heavy atom. The summed E-state index contributed by atoms with van der Waals surface area (Å²) < 4.78 is 9.02. The summed E-state index contributed by atoms with van der Waals surface area (Å²) in [5, 5.41) is 0. The first-order valence-electron chi connectivity index (χ1n) is 4.91. The summed E-state index contributed by atoms with van der Waals surface area (Å²) in [4.78, 5) is 21.9. The van der Waals surface area contributed by atoms with Gasteiger partial charge in [0.05, 0.1) is 19.8 Å². The predicted molar refractivity (Wildman–Crippen MR) is 61.3 cm³/mol. The molecule has 0 spiro atoms. The topological polar surface area (TPSA) is 52.6 Å². The van der Waals surface area contributed by atoms with E-state index < -0.39 is 0 Å². The second-order valence-corrected chi connectivity index (χ2v) is 3.12. The molecule has 1 aromatic carbocycles. The van der Waals surface area contributed by atoms with E-state index in [9.17, 15) is 9.59 Å². The molecule has 1 rings (SSSR count). The van der Waals surface area contributed by atoms with Crippen LogP contribution in [0.25, 0.3) is 0 Å². The van der Waals surface area contributed by atoms with E-state index in [0.717, 1.165) is 5.56 Å². The zero-order valence-corrected chi connectivity index (χ0v) is 9.65. The summed E-state index contributed by atoms with van der Waals surface area (Å²) in [6.07, 6.45) is 0.0508. The summed E-state index contributed by atoms with van der Waals surface area (Å²) in [6.45, 7) is 0. The molecule has 0 unspecified atom stereocenters. The van der Waals surface area contributed by atoms with Crippen LogP contribution in [-0.4, -0.2) is 26.2 Å². The van der Waals surface area contributed by atoms with Crippen molar-refractivity contribution < 1.29 is 19.1 Å². The van der Waals surface area contributed by atoms with E-state index in [0.29, 0.717) is 5.56 Å². The molecule has 0 amide bonds. The molecule has 0 atom stereocenters. The summed E-state index contributed by atoms with van der Waals surface area (Å²) in [5.41, 5.74) is 1.19. The van der Waals surface area contributed by atoms with Crippen molar-refractivity contribution in [2.24, 2.45) is 0 Å². The van der Waals surface area contributed by atoms with Crippen LogP contribution in [0.5, 0.6) is 0 Å². The van der Waals surface area contributed by atoms with E-state index in [1.807, 2.05) is 0 Å². The maximum Gasteiger partial charge on any atom is 0.337 e. The van der Waals surface area contributed by atoms with Gasteiger partial charge in [-0.05, 0) is 24.3 Å². The van der Waals surface area contributed by atoms with Crippen LogP contribution in [0.2, 0.25) is 0 Å². The van der Waals surface area contributed by atoms with Crippen LogP contribution in [0, 0.1) is 11.8 Å². The third kappa shape index (κ3) is 3.99. The molecule has 0 saturated heterocycles. The van der Waals surface area contributed by atoms with Crippen molar-refractivity contribution in [3.8, 4) is 11.8 Å². The zero-order chi connectivity index (χ0) is 12.7. The molecule has 4 heteroatoms. The Labute approximate surface area is 99.5 Å². The lowest BCUT2D eigenvalue weighted by Gasteiger charge is -1.98. The van der Waals surface area contributed by atoms with E-state index in [1.165, 1.54) is 14.2 Å². The summed E-state index contributed by atoms with van der Waals surface area (Å²) >= 11 is 0. The second kappa shape index (κ2) is 6.33. The van der Waals surface area contributed by atoms with E-state index in [1.54, 1.807) is 24.3 Å². The molecule has 0 aliphatic carbocycles. The number of ether oxygens (including phenoxy) is 2. The van der Waals surface area contributed by atoms with Gasteiger partial charge in [-0.2, -0.15) is 0 Å². The number of carbonyl (C=O) groups is 2. The lowest BCUT2D eigenvalue weighted by atomic mass is 10.1. The molecule has 0 heterocycles.